The molecule has 0 bridgehead atoms. The second-order valence-corrected chi connectivity index (χ2v) is 11.2. The number of aliphatic hydroxyl groups excluding tert-OH is 1. The molecule has 2 aromatic rings. The van der Waals surface area contributed by atoms with Crippen LogP contribution in [0.1, 0.15) is 76.5 Å². The molecule has 2 heterocycles. The lowest BCUT2D eigenvalue weighted by atomic mass is 9.87. The number of rotatable bonds is 7. The number of hydrogen-bond acceptors (Lipinski definition) is 6. The number of anilines is 1. The van der Waals surface area contributed by atoms with Gasteiger partial charge in [-0.2, -0.15) is 0 Å². The van der Waals surface area contributed by atoms with Crippen LogP contribution >= 0.6 is 0 Å². The Morgan fingerprint density at radius 2 is 1.84 bits per heavy atom. The number of pyridine rings is 1. The summed E-state index contributed by atoms with van der Waals surface area (Å²) in [6, 6.07) is 7.98. The first-order valence-electron chi connectivity index (χ1n) is 13.3. The fourth-order valence-electron chi connectivity index (χ4n) is 5.31. The van der Waals surface area contributed by atoms with Gasteiger partial charge in [0.05, 0.1) is 19.3 Å². The summed E-state index contributed by atoms with van der Waals surface area (Å²) in [7, 11) is 1.55. The van der Waals surface area contributed by atoms with E-state index in [2.05, 4.69) is 36.4 Å². The zero-order valence-electron chi connectivity index (χ0n) is 22.4. The molecule has 1 aromatic heterocycles. The number of hydrogen-bond donors (Lipinski definition) is 3. The van der Waals surface area contributed by atoms with Crippen molar-refractivity contribution in [3.63, 3.8) is 0 Å². The van der Waals surface area contributed by atoms with E-state index in [1.54, 1.807) is 30.5 Å². The first-order chi connectivity index (χ1) is 17.7. The number of aromatic nitrogens is 1. The van der Waals surface area contributed by atoms with Crippen LogP contribution in [0.2, 0.25) is 0 Å². The van der Waals surface area contributed by atoms with Crippen LogP contribution < -0.4 is 20.3 Å². The Morgan fingerprint density at radius 1 is 1.14 bits per heavy atom. The Labute approximate surface area is 219 Å². The minimum absolute atomic E-state index is 0.0607. The van der Waals surface area contributed by atoms with Gasteiger partial charge in [-0.3, -0.25) is 19.5 Å². The Balaban J connectivity index is 1.80. The molecule has 1 saturated carbocycles. The van der Waals surface area contributed by atoms with Crippen LogP contribution in [-0.2, 0) is 15.0 Å². The van der Waals surface area contributed by atoms with E-state index in [-0.39, 0.29) is 29.7 Å². The van der Waals surface area contributed by atoms with Crippen LogP contribution in [0.5, 0.6) is 5.75 Å². The van der Waals surface area contributed by atoms with Gasteiger partial charge in [-0.1, -0.05) is 52.2 Å². The lowest BCUT2D eigenvalue weighted by Gasteiger charge is -2.35. The summed E-state index contributed by atoms with van der Waals surface area (Å²) in [5, 5.41) is 16.5. The minimum atomic E-state index is -0.988. The van der Waals surface area contributed by atoms with E-state index >= 15 is 0 Å². The summed E-state index contributed by atoms with van der Waals surface area (Å²) in [4.78, 5) is 34.0. The molecule has 0 spiro atoms. The van der Waals surface area contributed by atoms with Gasteiger partial charge in [-0.05, 0) is 48.4 Å². The summed E-state index contributed by atoms with van der Waals surface area (Å²) < 4.78 is 5.62. The van der Waals surface area contributed by atoms with Crippen molar-refractivity contribution in [1.29, 1.82) is 0 Å². The van der Waals surface area contributed by atoms with Crippen molar-refractivity contribution in [3.8, 4) is 5.75 Å². The van der Waals surface area contributed by atoms with E-state index in [4.69, 9.17) is 4.74 Å². The molecule has 3 N–H and O–H groups in total. The fourth-order valence-corrected chi connectivity index (χ4v) is 5.31. The molecule has 4 rings (SSSR count). The van der Waals surface area contributed by atoms with Crippen LogP contribution in [0.3, 0.4) is 0 Å². The molecule has 8 heteroatoms. The maximum atomic E-state index is 14.1. The first kappa shape index (κ1) is 27.1. The number of aliphatic hydroxyl groups is 1. The molecule has 2 fully saturated rings. The predicted octanol–water partition coefficient (Wildman–Crippen LogP) is 3.63. The van der Waals surface area contributed by atoms with E-state index < -0.39 is 18.2 Å². The molecule has 2 aliphatic rings. The average molecular weight is 509 g/mol. The highest BCUT2D eigenvalue weighted by atomic mass is 16.5. The molecule has 1 aromatic carbocycles. The Bertz CT molecular complexity index is 1080. The number of ether oxygens (including phenoxy) is 1. The van der Waals surface area contributed by atoms with Crippen molar-refractivity contribution in [2.75, 3.05) is 18.6 Å². The van der Waals surface area contributed by atoms with Crippen molar-refractivity contribution in [2.24, 2.45) is 0 Å². The van der Waals surface area contributed by atoms with Gasteiger partial charge in [-0.15, -0.1) is 0 Å². The number of nitrogens with zero attached hydrogens (tertiary/aromatic N) is 2. The molecular weight excluding hydrogens is 468 g/mol. The summed E-state index contributed by atoms with van der Waals surface area (Å²) in [5.74, 6) is -0.0397. The molecule has 37 heavy (non-hydrogen) atoms. The second-order valence-electron chi connectivity index (χ2n) is 11.2. The first-order valence-corrected chi connectivity index (χ1v) is 13.3. The van der Waals surface area contributed by atoms with Crippen LogP contribution in [0.4, 0.5) is 5.69 Å². The van der Waals surface area contributed by atoms with E-state index in [0.717, 1.165) is 31.2 Å². The number of nitrogens with one attached hydrogen (secondary N) is 2. The summed E-state index contributed by atoms with van der Waals surface area (Å²) in [6.45, 7) is 6.74. The van der Waals surface area contributed by atoms with Crippen molar-refractivity contribution in [1.82, 2.24) is 15.6 Å². The minimum Gasteiger partial charge on any atom is -0.496 e. The van der Waals surface area contributed by atoms with E-state index in [1.165, 1.54) is 6.42 Å². The number of methoxy groups -OCH3 is 1. The summed E-state index contributed by atoms with van der Waals surface area (Å²) in [6.07, 6.45) is 8.06. The smallest absolute Gasteiger partial charge is 0.248 e. The second kappa shape index (κ2) is 11.6. The molecule has 1 aliphatic heterocycles. The summed E-state index contributed by atoms with van der Waals surface area (Å²) >= 11 is 0. The number of β-amino-alcohol motifs (C(OH)–C–C–N with tert-alkyl or cyclic N) is 1. The van der Waals surface area contributed by atoms with Crippen LogP contribution in [-0.4, -0.2) is 53.7 Å². The molecule has 3 unspecified atom stereocenters. The van der Waals surface area contributed by atoms with Gasteiger partial charge in [0, 0.05) is 36.2 Å². The maximum absolute atomic E-state index is 14.1. The third-order valence-electron chi connectivity index (χ3n) is 7.44. The Kier molecular flexibility index (Phi) is 8.49. The fraction of sp³-hybridized carbons (Fsp3) is 0.552. The quantitative estimate of drug-likeness (QED) is 0.528. The Hall–Kier alpha value is -2.97. The lowest BCUT2D eigenvalue weighted by molar-refractivity contribution is -0.128. The zero-order valence-corrected chi connectivity index (χ0v) is 22.4. The zero-order chi connectivity index (χ0) is 26.6. The molecular formula is C29H40N4O4. The van der Waals surface area contributed by atoms with Crippen LogP contribution in [0.15, 0.2) is 42.7 Å². The highest BCUT2D eigenvalue weighted by molar-refractivity contribution is 6.04. The van der Waals surface area contributed by atoms with Crippen LogP contribution in [0.25, 0.3) is 0 Å². The topological polar surface area (TPSA) is 104 Å². The number of benzene rings is 1. The maximum Gasteiger partial charge on any atom is 0.248 e. The molecule has 1 aliphatic carbocycles. The van der Waals surface area contributed by atoms with Gasteiger partial charge in [0.15, 0.2) is 0 Å². The lowest BCUT2D eigenvalue weighted by Crippen LogP contribution is -2.51. The summed E-state index contributed by atoms with van der Waals surface area (Å²) in [5.41, 5.74) is 2.19. The highest BCUT2D eigenvalue weighted by Gasteiger charge is 2.40. The highest BCUT2D eigenvalue weighted by Crippen LogP contribution is 2.35. The third-order valence-corrected chi connectivity index (χ3v) is 7.44. The molecule has 3 atom stereocenters. The van der Waals surface area contributed by atoms with Crippen LogP contribution in [0, 0.1) is 0 Å². The van der Waals surface area contributed by atoms with Crippen molar-refractivity contribution in [3.05, 3.63) is 53.9 Å². The van der Waals surface area contributed by atoms with E-state index in [1.807, 2.05) is 24.3 Å². The monoisotopic (exact) mass is 508 g/mol. The van der Waals surface area contributed by atoms with Crippen molar-refractivity contribution >= 4 is 17.5 Å². The standard InChI is InChI=1S/C29H40N4O4/c1-29(2,3)19-10-12-21(13-11-19)33(28(36)24-16-22(34)17-31-24)26(23-18-30-15-14-25(23)37-4)27(35)32-20-8-6-5-7-9-20/h10-15,18,20,22,24,26,31,34H,5-9,16-17H2,1-4H3,(H,32,35). The number of carbonyl (C=O) groups excluding carboxylic acids is 2. The molecule has 200 valence electrons. The molecule has 8 nitrogen and oxygen atoms in total. The predicted molar refractivity (Wildman–Crippen MR) is 144 cm³/mol. The third kappa shape index (κ3) is 6.30. The van der Waals surface area contributed by atoms with Crippen molar-refractivity contribution in [2.45, 2.75) is 88.9 Å². The van der Waals surface area contributed by atoms with Gasteiger partial charge < -0.3 is 20.5 Å². The Morgan fingerprint density at radius 3 is 2.43 bits per heavy atom. The number of amides is 2. The number of carbonyl (C=O) groups is 2. The SMILES string of the molecule is COc1ccncc1C(C(=O)NC1CCCCC1)N(C(=O)C1CC(O)CN1)c1ccc(C(C)(C)C)cc1. The molecule has 1 saturated heterocycles. The van der Waals surface area contributed by atoms with E-state index in [9.17, 15) is 14.7 Å². The van der Waals surface area contributed by atoms with Gasteiger partial charge in [-0.25, -0.2) is 0 Å². The van der Waals surface area contributed by atoms with Gasteiger partial charge in [0.25, 0.3) is 0 Å². The van der Waals surface area contributed by atoms with Gasteiger partial charge in [0.1, 0.15) is 11.8 Å². The average Bonchev–Trinajstić information content (AvgIpc) is 3.33. The van der Waals surface area contributed by atoms with Gasteiger partial charge >= 0.3 is 0 Å². The molecule has 2 amide bonds. The van der Waals surface area contributed by atoms with Gasteiger partial charge in [0.2, 0.25) is 11.8 Å². The van der Waals surface area contributed by atoms with E-state index in [0.29, 0.717) is 23.5 Å². The largest absolute Gasteiger partial charge is 0.496 e. The van der Waals surface area contributed by atoms with Crippen molar-refractivity contribution < 1.29 is 19.4 Å². The molecule has 0 radical (unpaired) electrons. The normalized spacial score (nSPS) is 21.3.